The van der Waals surface area contributed by atoms with Crippen LogP contribution in [-0.4, -0.2) is 25.7 Å². The topological polar surface area (TPSA) is 162 Å². The predicted octanol–water partition coefficient (Wildman–Crippen LogP) is 3.80. The summed E-state index contributed by atoms with van der Waals surface area (Å²) in [5.74, 6) is -1.10. The number of hydrazine groups is 1. The van der Waals surface area contributed by atoms with Crippen LogP contribution in [0.25, 0.3) is 0 Å². The number of carbonyl (C=O) groups excluding carboxylic acids is 1. The highest BCUT2D eigenvalue weighted by Crippen LogP contribution is 2.34. The van der Waals surface area contributed by atoms with E-state index in [2.05, 4.69) is 20.8 Å². The zero-order chi connectivity index (χ0) is 22.5. The number of nitro groups is 2. The molecule has 0 spiro atoms. The quantitative estimate of drug-likeness (QED) is 0.407. The van der Waals surface area contributed by atoms with Crippen molar-refractivity contribution in [1.29, 1.82) is 0 Å². The molecule has 0 fully saturated rings. The molecule has 3 aromatic rings. The van der Waals surface area contributed by atoms with Crippen molar-refractivity contribution in [2.45, 2.75) is 6.92 Å². The van der Waals surface area contributed by atoms with E-state index in [1.54, 1.807) is 19.1 Å². The Morgan fingerprint density at radius 3 is 2.39 bits per heavy atom. The molecule has 3 rings (SSSR count). The lowest BCUT2D eigenvalue weighted by Crippen LogP contribution is -2.30. The number of nitro benzene ring substituents is 1. The first-order chi connectivity index (χ1) is 14.8. The summed E-state index contributed by atoms with van der Waals surface area (Å²) in [5, 5.41) is 22.8. The zero-order valence-electron chi connectivity index (χ0n) is 15.7. The van der Waals surface area contributed by atoms with E-state index < -0.39 is 21.4 Å². The number of hydrogen-bond acceptors (Lipinski definition) is 9. The van der Waals surface area contributed by atoms with Crippen molar-refractivity contribution in [2.24, 2.45) is 0 Å². The average molecular weight is 445 g/mol. The molecule has 1 aromatic heterocycles. The van der Waals surface area contributed by atoms with Gasteiger partial charge in [-0.15, -0.1) is 0 Å². The summed E-state index contributed by atoms with van der Waals surface area (Å²) in [7, 11) is 0. The van der Waals surface area contributed by atoms with Crippen molar-refractivity contribution < 1.29 is 19.4 Å². The molecule has 1 amide bonds. The Balaban J connectivity index is 1.80. The molecule has 0 aliphatic carbocycles. The van der Waals surface area contributed by atoms with Gasteiger partial charge in [-0.05, 0) is 42.8 Å². The fraction of sp³-hybridized carbons (Fsp3) is 0.0556. The molecule has 12 nitrogen and oxygen atoms in total. The van der Waals surface area contributed by atoms with Crippen LogP contribution in [0.3, 0.4) is 0 Å². The Bertz CT molecular complexity index is 1170. The SMILES string of the molecule is Cc1cc(Oc2ncnc(NNC(=O)c3ccc([N+](=O)[O-])cc3)c2[N+](=O)[O-])ccc1Cl. The van der Waals surface area contributed by atoms with Crippen molar-refractivity contribution in [3.8, 4) is 11.6 Å². The highest BCUT2D eigenvalue weighted by atomic mass is 35.5. The molecule has 1 heterocycles. The summed E-state index contributed by atoms with van der Waals surface area (Å²) in [5.41, 5.74) is 4.58. The highest BCUT2D eigenvalue weighted by molar-refractivity contribution is 6.31. The van der Waals surface area contributed by atoms with Crippen molar-refractivity contribution in [1.82, 2.24) is 15.4 Å². The Morgan fingerprint density at radius 2 is 1.77 bits per heavy atom. The predicted molar refractivity (Wildman–Crippen MR) is 109 cm³/mol. The van der Waals surface area contributed by atoms with E-state index in [-0.39, 0.29) is 28.7 Å². The second-order valence-corrected chi connectivity index (χ2v) is 6.44. The molecule has 0 radical (unpaired) electrons. The zero-order valence-corrected chi connectivity index (χ0v) is 16.5. The molecule has 0 atom stereocenters. The molecule has 0 bridgehead atoms. The van der Waals surface area contributed by atoms with Crippen molar-refractivity contribution in [2.75, 3.05) is 5.43 Å². The van der Waals surface area contributed by atoms with E-state index in [0.717, 1.165) is 18.5 Å². The monoisotopic (exact) mass is 444 g/mol. The molecule has 2 aromatic carbocycles. The number of aromatic nitrogens is 2. The first-order valence-electron chi connectivity index (χ1n) is 8.50. The molecule has 13 heteroatoms. The fourth-order valence-corrected chi connectivity index (χ4v) is 2.53. The number of benzene rings is 2. The molecule has 0 aliphatic rings. The second-order valence-electron chi connectivity index (χ2n) is 6.03. The van der Waals surface area contributed by atoms with Gasteiger partial charge in [-0.2, -0.15) is 4.98 Å². The molecule has 0 aliphatic heterocycles. The van der Waals surface area contributed by atoms with E-state index >= 15 is 0 Å². The summed E-state index contributed by atoms with van der Waals surface area (Å²) in [6.45, 7) is 1.74. The maximum Gasteiger partial charge on any atom is 0.374 e. The lowest BCUT2D eigenvalue weighted by atomic mass is 10.2. The van der Waals surface area contributed by atoms with Crippen LogP contribution in [0.4, 0.5) is 17.2 Å². The van der Waals surface area contributed by atoms with Gasteiger partial charge in [0.25, 0.3) is 11.6 Å². The van der Waals surface area contributed by atoms with Gasteiger partial charge in [0.15, 0.2) is 0 Å². The minimum Gasteiger partial charge on any atom is -0.434 e. The normalized spacial score (nSPS) is 10.3. The molecule has 0 saturated heterocycles. The molecular formula is C18H13ClN6O6. The van der Waals surface area contributed by atoms with E-state index in [1.165, 1.54) is 18.2 Å². The molecule has 158 valence electrons. The van der Waals surface area contributed by atoms with Gasteiger partial charge in [0, 0.05) is 22.7 Å². The van der Waals surface area contributed by atoms with Crippen LogP contribution in [0, 0.1) is 27.2 Å². The maximum absolute atomic E-state index is 12.2. The number of nitrogens with zero attached hydrogens (tertiary/aromatic N) is 4. The Kier molecular flexibility index (Phi) is 6.21. The van der Waals surface area contributed by atoms with Crippen molar-refractivity contribution in [3.05, 3.63) is 85.2 Å². The van der Waals surface area contributed by atoms with E-state index in [1.807, 2.05) is 0 Å². The van der Waals surface area contributed by atoms with Crippen LogP contribution >= 0.6 is 11.6 Å². The van der Waals surface area contributed by atoms with Gasteiger partial charge < -0.3 is 4.74 Å². The lowest BCUT2D eigenvalue weighted by molar-refractivity contribution is -0.385. The van der Waals surface area contributed by atoms with Crippen LogP contribution in [0.5, 0.6) is 11.6 Å². The van der Waals surface area contributed by atoms with Gasteiger partial charge in [-0.1, -0.05) is 11.6 Å². The molecule has 31 heavy (non-hydrogen) atoms. The number of aryl methyl sites for hydroxylation is 1. The third-order valence-electron chi connectivity index (χ3n) is 3.95. The number of non-ortho nitro benzene ring substituents is 1. The smallest absolute Gasteiger partial charge is 0.374 e. The van der Waals surface area contributed by atoms with Crippen LogP contribution in [-0.2, 0) is 0 Å². The van der Waals surface area contributed by atoms with Crippen LogP contribution < -0.4 is 15.6 Å². The second kappa shape index (κ2) is 9.00. The van der Waals surface area contributed by atoms with Gasteiger partial charge in [-0.25, -0.2) is 4.98 Å². The van der Waals surface area contributed by atoms with Crippen LogP contribution in [0.1, 0.15) is 15.9 Å². The first kappa shape index (κ1) is 21.4. The summed E-state index contributed by atoms with van der Waals surface area (Å²) in [4.78, 5) is 40.7. The third kappa shape index (κ3) is 5.00. The molecule has 0 saturated carbocycles. The van der Waals surface area contributed by atoms with Crippen LogP contribution in [0.15, 0.2) is 48.8 Å². The van der Waals surface area contributed by atoms with Gasteiger partial charge >= 0.3 is 11.6 Å². The van der Waals surface area contributed by atoms with Gasteiger partial charge in [-0.3, -0.25) is 35.9 Å². The number of nitrogens with one attached hydrogen (secondary N) is 2. The van der Waals surface area contributed by atoms with Crippen LogP contribution in [0.2, 0.25) is 5.02 Å². The average Bonchev–Trinajstić information content (AvgIpc) is 2.74. The molecular weight excluding hydrogens is 432 g/mol. The van der Waals surface area contributed by atoms with E-state index in [9.17, 15) is 25.0 Å². The minimum atomic E-state index is -0.765. The third-order valence-corrected chi connectivity index (χ3v) is 4.37. The summed E-state index contributed by atoms with van der Waals surface area (Å²) in [6, 6.07) is 9.46. The Morgan fingerprint density at radius 1 is 1.06 bits per heavy atom. The first-order valence-corrected chi connectivity index (χ1v) is 8.88. The standard InChI is InChI=1S/C18H13ClN6O6/c1-10-8-13(6-7-14(10)19)31-18-15(25(29)30)16(20-9-21-18)22-23-17(26)11-2-4-12(5-3-11)24(27)28/h2-9H,1H3,(H,23,26)(H,20,21,22). The number of anilines is 1. The summed E-state index contributed by atoms with van der Waals surface area (Å²) in [6.07, 6.45) is 1.02. The van der Waals surface area contributed by atoms with Crippen molar-refractivity contribution in [3.63, 3.8) is 0 Å². The number of rotatable bonds is 7. The Hall–Kier alpha value is -4.32. The van der Waals surface area contributed by atoms with Crippen molar-refractivity contribution >= 4 is 34.7 Å². The Labute approximate surface area is 179 Å². The molecule has 2 N–H and O–H groups in total. The summed E-state index contributed by atoms with van der Waals surface area (Å²) >= 11 is 5.96. The van der Waals surface area contributed by atoms with E-state index in [4.69, 9.17) is 16.3 Å². The fourth-order valence-electron chi connectivity index (χ4n) is 2.41. The maximum atomic E-state index is 12.2. The highest BCUT2D eigenvalue weighted by Gasteiger charge is 2.25. The number of carbonyl (C=O) groups is 1. The number of halogens is 1. The minimum absolute atomic E-state index is 0.0860. The largest absolute Gasteiger partial charge is 0.434 e. The summed E-state index contributed by atoms with van der Waals surface area (Å²) < 4.78 is 5.51. The number of hydrogen-bond donors (Lipinski definition) is 2. The van der Waals surface area contributed by atoms with Gasteiger partial charge in [0.2, 0.25) is 5.82 Å². The lowest BCUT2D eigenvalue weighted by Gasteiger charge is -2.11. The van der Waals surface area contributed by atoms with Gasteiger partial charge in [0.1, 0.15) is 12.1 Å². The number of ether oxygens (including phenoxy) is 1. The number of amides is 1. The molecule has 0 unspecified atom stereocenters. The van der Waals surface area contributed by atoms with E-state index in [0.29, 0.717) is 10.6 Å². The van der Waals surface area contributed by atoms with Gasteiger partial charge in [0.05, 0.1) is 9.85 Å².